The molecule has 1 amide bonds. The Morgan fingerprint density at radius 3 is 2.58 bits per heavy atom. The highest BCUT2D eigenvalue weighted by atomic mass is 32.1. The second-order valence-corrected chi connectivity index (χ2v) is 5.61. The number of carbonyl (C=O) groups excluding carboxylic acids is 1. The average molecular weight is 293 g/mol. The van der Waals surface area contributed by atoms with Crippen molar-refractivity contribution in [2.75, 3.05) is 18.0 Å². The van der Waals surface area contributed by atoms with Gasteiger partial charge in [0.25, 0.3) is 0 Å². The Balaban J connectivity index is 1.94. The number of piperidine rings is 1. The minimum atomic E-state index is -4.33. The first-order valence-electron chi connectivity index (χ1n) is 5.92. The van der Waals surface area contributed by atoms with Crippen molar-refractivity contribution in [3.63, 3.8) is 0 Å². The molecule has 0 atom stereocenters. The van der Waals surface area contributed by atoms with Gasteiger partial charge in [0.15, 0.2) is 5.13 Å². The van der Waals surface area contributed by atoms with Crippen LogP contribution in [0.4, 0.5) is 18.3 Å². The highest BCUT2D eigenvalue weighted by Crippen LogP contribution is 2.37. The first-order chi connectivity index (χ1) is 8.86. The van der Waals surface area contributed by atoms with Crippen LogP contribution in [-0.4, -0.2) is 24.0 Å². The second kappa shape index (κ2) is 5.36. The summed E-state index contributed by atoms with van der Waals surface area (Å²) in [4.78, 5) is 15.8. The lowest BCUT2D eigenvalue weighted by atomic mass is 9.94. The van der Waals surface area contributed by atoms with Crippen LogP contribution >= 0.6 is 11.3 Å². The number of aromatic nitrogens is 1. The minimum Gasteiger partial charge on any atom is -0.370 e. The topological polar surface area (TPSA) is 59.2 Å². The molecule has 0 bridgehead atoms. The summed E-state index contributed by atoms with van der Waals surface area (Å²) in [6, 6.07) is 0. The summed E-state index contributed by atoms with van der Waals surface area (Å²) in [5.74, 6) is -0.0946. The van der Waals surface area contributed by atoms with Gasteiger partial charge in [-0.25, -0.2) is 4.98 Å². The third-order valence-corrected chi connectivity index (χ3v) is 4.25. The summed E-state index contributed by atoms with van der Waals surface area (Å²) in [7, 11) is 0. The van der Waals surface area contributed by atoms with Gasteiger partial charge in [0.05, 0.1) is 6.20 Å². The van der Waals surface area contributed by atoms with Crippen LogP contribution in [0.15, 0.2) is 6.20 Å². The first-order valence-corrected chi connectivity index (χ1v) is 6.74. The van der Waals surface area contributed by atoms with Crippen LogP contribution in [0.2, 0.25) is 0 Å². The number of amides is 1. The van der Waals surface area contributed by atoms with Crippen LogP contribution < -0.4 is 10.6 Å². The van der Waals surface area contributed by atoms with Crippen molar-refractivity contribution in [2.45, 2.75) is 25.4 Å². The summed E-state index contributed by atoms with van der Waals surface area (Å²) < 4.78 is 37.4. The van der Waals surface area contributed by atoms with E-state index in [0.29, 0.717) is 36.0 Å². The van der Waals surface area contributed by atoms with Crippen molar-refractivity contribution in [2.24, 2.45) is 11.7 Å². The zero-order valence-corrected chi connectivity index (χ0v) is 10.9. The van der Waals surface area contributed by atoms with E-state index in [0.717, 1.165) is 19.0 Å². The van der Waals surface area contributed by atoms with Gasteiger partial charge >= 0.3 is 6.18 Å². The predicted octanol–water partition coefficient (Wildman–Crippen LogP) is 2.25. The number of nitrogens with two attached hydrogens (primary N) is 1. The lowest BCUT2D eigenvalue weighted by Gasteiger charge is -2.31. The number of thiazole rings is 1. The monoisotopic (exact) mass is 293 g/mol. The Bertz CT molecular complexity index is 452. The molecule has 0 aliphatic carbocycles. The first kappa shape index (κ1) is 14.1. The van der Waals surface area contributed by atoms with E-state index < -0.39 is 11.1 Å². The van der Waals surface area contributed by atoms with Crippen molar-refractivity contribution >= 4 is 22.4 Å². The maximum Gasteiger partial charge on any atom is 0.427 e. The molecule has 1 aromatic heterocycles. The Kier molecular flexibility index (Phi) is 3.98. The standard InChI is InChI=1S/C11H14F3N3OS/c12-11(13,14)8-6-16-10(19-8)17-3-1-7(2-4-17)5-9(15)18/h6-7H,1-5H2,(H2,15,18). The van der Waals surface area contributed by atoms with E-state index in [1.54, 1.807) is 0 Å². The number of alkyl halides is 3. The predicted molar refractivity (Wildman–Crippen MR) is 65.9 cm³/mol. The molecule has 2 N–H and O–H groups in total. The minimum absolute atomic E-state index is 0.232. The lowest BCUT2D eigenvalue weighted by Crippen LogP contribution is -2.34. The highest BCUT2D eigenvalue weighted by molar-refractivity contribution is 7.15. The van der Waals surface area contributed by atoms with Crippen molar-refractivity contribution in [1.29, 1.82) is 0 Å². The third kappa shape index (κ3) is 3.59. The molecule has 1 aliphatic heterocycles. The van der Waals surface area contributed by atoms with Gasteiger partial charge in [-0.15, -0.1) is 0 Å². The summed E-state index contributed by atoms with van der Waals surface area (Å²) in [6.07, 6.45) is -1.61. The number of hydrogen-bond donors (Lipinski definition) is 1. The normalized spacial score (nSPS) is 17.7. The molecule has 1 fully saturated rings. The van der Waals surface area contributed by atoms with Crippen molar-refractivity contribution in [3.05, 3.63) is 11.1 Å². The number of primary amides is 1. The summed E-state index contributed by atoms with van der Waals surface area (Å²) >= 11 is 0.660. The van der Waals surface area contributed by atoms with Gasteiger partial charge in [-0.05, 0) is 18.8 Å². The molecular weight excluding hydrogens is 279 g/mol. The molecule has 1 aromatic rings. The van der Waals surface area contributed by atoms with Crippen molar-refractivity contribution in [1.82, 2.24) is 4.98 Å². The largest absolute Gasteiger partial charge is 0.427 e. The highest BCUT2D eigenvalue weighted by Gasteiger charge is 2.34. The molecule has 0 radical (unpaired) electrons. The van der Waals surface area contributed by atoms with E-state index in [2.05, 4.69) is 4.98 Å². The molecule has 106 valence electrons. The Morgan fingerprint density at radius 2 is 2.11 bits per heavy atom. The van der Waals surface area contributed by atoms with Gasteiger partial charge in [-0.2, -0.15) is 13.2 Å². The maximum atomic E-state index is 12.5. The van der Waals surface area contributed by atoms with E-state index in [-0.39, 0.29) is 11.8 Å². The van der Waals surface area contributed by atoms with E-state index >= 15 is 0 Å². The number of carbonyl (C=O) groups is 1. The van der Waals surface area contributed by atoms with Gasteiger partial charge < -0.3 is 10.6 Å². The molecule has 2 rings (SSSR count). The van der Waals surface area contributed by atoms with Gasteiger partial charge in [0.1, 0.15) is 4.88 Å². The molecule has 0 spiro atoms. The molecule has 2 heterocycles. The number of rotatable bonds is 3. The van der Waals surface area contributed by atoms with Gasteiger partial charge in [-0.3, -0.25) is 4.79 Å². The number of halogens is 3. The second-order valence-electron chi connectivity index (χ2n) is 4.61. The Morgan fingerprint density at radius 1 is 1.47 bits per heavy atom. The quantitative estimate of drug-likeness (QED) is 0.930. The molecule has 1 saturated heterocycles. The van der Waals surface area contributed by atoms with E-state index in [9.17, 15) is 18.0 Å². The number of nitrogens with zero attached hydrogens (tertiary/aromatic N) is 2. The number of hydrogen-bond acceptors (Lipinski definition) is 4. The average Bonchev–Trinajstić information content (AvgIpc) is 2.78. The molecule has 0 aromatic carbocycles. The Labute approximate surface area is 112 Å². The molecule has 0 saturated carbocycles. The van der Waals surface area contributed by atoms with Crippen LogP contribution in [0.3, 0.4) is 0 Å². The van der Waals surface area contributed by atoms with E-state index in [4.69, 9.17) is 5.73 Å². The van der Waals surface area contributed by atoms with Crippen LogP contribution in [0.25, 0.3) is 0 Å². The number of anilines is 1. The fraction of sp³-hybridized carbons (Fsp3) is 0.636. The Hall–Kier alpha value is -1.31. The summed E-state index contributed by atoms with van der Waals surface area (Å²) in [5, 5.41) is 0.393. The van der Waals surface area contributed by atoms with Crippen LogP contribution in [0, 0.1) is 5.92 Å². The van der Waals surface area contributed by atoms with Crippen LogP contribution in [0.5, 0.6) is 0 Å². The molecular formula is C11H14F3N3OS. The van der Waals surface area contributed by atoms with Gasteiger partial charge in [-0.1, -0.05) is 11.3 Å². The lowest BCUT2D eigenvalue weighted by molar-refractivity contribution is -0.134. The summed E-state index contributed by atoms with van der Waals surface area (Å²) in [6.45, 7) is 1.23. The zero-order valence-electron chi connectivity index (χ0n) is 10.1. The van der Waals surface area contributed by atoms with E-state index in [1.807, 2.05) is 4.90 Å². The van der Waals surface area contributed by atoms with E-state index in [1.165, 1.54) is 0 Å². The maximum absolute atomic E-state index is 12.5. The fourth-order valence-electron chi connectivity index (χ4n) is 2.16. The van der Waals surface area contributed by atoms with Gasteiger partial charge in [0.2, 0.25) is 5.91 Å². The molecule has 0 unspecified atom stereocenters. The fourth-order valence-corrected chi connectivity index (χ4v) is 2.99. The molecule has 1 aliphatic rings. The smallest absolute Gasteiger partial charge is 0.370 e. The van der Waals surface area contributed by atoms with Crippen LogP contribution in [-0.2, 0) is 11.0 Å². The SMILES string of the molecule is NC(=O)CC1CCN(c2ncc(C(F)(F)F)s2)CC1. The van der Waals surface area contributed by atoms with Crippen LogP contribution in [0.1, 0.15) is 24.1 Å². The zero-order chi connectivity index (χ0) is 14.0. The molecule has 8 heteroatoms. The van der Waals surface area contributed by atoms with Crippen molar-refractivity contribution in [3.8, 4) is 0 Å². The van der Waals surface area contributed by atoms with Gasteiger partial charge in [0, 0.05) is 19.5 Å². The summed E-state index contributed by atoms with van der Waals surface area (Å²) in [5.41, 5.74) is 5.13. The molecule has 4 nitrogen and oxygen atoms in total. The van der Waals surface area contributed by atoms with Crippen molar-refractivity contribution < 1.29 is 18.0 Å². The molecule has 19 heavy (non-hydrogen) atoms. The third-order valence-electron chi connectivity index (χ3n) is 3.15.